The number of hydrogen-bond acceptors (Lipinski definition) is 4. The second-order valence-electron chi connectivity index (χ2n) is 2.67. The number of carboxylic acid groups (broad SMARTS) is 1. The number of rotatable bonds is 5. The van der Waals surface area contributed by atoms with Crippen molar-refractivity contribution in [1.82, 2.24) is 5.32 Å². The van der Waals surface area contributed by atoms with Crippen LogP contribution in [0.25, 0.3) is 0 Å². The fourth-order valence-electron chi connectivity index (χ4n) is 0.659. The minimum Gasteiger partial charge on any atom is -0.465 e. The van der Waals surface area contributed by atoms with Crippen LogP contribution in [-0.4, -0.2) is 38.5 Å². The lowest BCUT2D eigenvalue weighted by atomic mass is 10.2. The highest BCUT2D eigenvalue weighted by Gasteiger charge is 2.07. The molecule has 0 aromatic heterocycles. The van der Waals surface area contributed by atoms with Crippen LogP contribution in [0.5, 0.6) is 0 Å². The Morgan fingerprint density at radius 2 is 2.15 bits per heavy atom. The Morgan fingerprint density at radius 3 is 2.54 bits per heavy atom. The van der Waals surface area contributed by atoms with Crippen LogP contribution in [0.4, 0.5) is 4.79 Å². The Morgan fingerprint density at radius 1 is 1.62 bits per heavy atom. The molecule has 0 aliphatic rings. The molecule has 7 heteroatoms. The molecule has 78 valence electrons. The summed E-state index contributed by atoms with van der Waals surface area (Å²) in [6, 6.07) is -0.320. The Balaban J connectivity index is 3.60. The summed E-state index contributed by atoms with van der Waals surface area (Å²) in [7, 11) is -3.42. The first-order valence-electron chi connectivity index (χ1n) is 3.65. The largest absolute Gasteiger partial charge is 0.465 e. The molecule has 0 fully saturated rings. The molecule has 2 N–H and O–H groups in total. The lowest BCUT2D eigenvalue weighted by molar-refractivity contribution is 0.188. The molecule has 0 aromatic carbocycles. The summed E-state index contributed by atoms with van der Waals surface area (Å²) in [6.45, 7) is 1.61. The van der Waals surface area contributed by atoms with E-state index in [0.717, 1.165) is 6.26 Å². The number of amides is 1. The minimum absolute atomic E-state index is 0.0136. The van der Waals surface area contributed by atoms with Crippen LogP contribution in [0.1, 0.15) is 13.3 Å². The second-order valence-corrected chi connectivity index (χ2v) is 4.31. The fourth-order valence-corrected chi connectivity index (χ4v) is 1.06. The van der Waals surface area contributed by atoms with Crippen molar-refractivity contribution in [2.45, 2.75) is 19.4 Å². The molecule has 0 aromatic rings. The van der Waals surface area contributed by atoms with Gasteiger partial charge in [0.05, 0.1) is 12.9 Å². The van der Waals surface area contributed by atoms with Gasteiger partial charge in [0.15, 0.2) is 0 Å². The van der Waals surface area contributed by atoms with Crippen molar-refractivity contribution < 1.29 is 22.5 Å². The van der Waals surface area contributed by atoms with Crippen LogP contribution in [0.2, 0.25) is 0 Å². The molecule has 0 bridgehead atoms. The van der Waals surface area contributed by atoms with Gasteiger partial charge in [0.1, 0.15) is 0 Å². The predicted molar refractivity (Wildman–Crippen MR) is 46.0 cm³/mol. The van der Waals surface area contributed by atoms with Gasteiger partial charge in [0, 0.05) is 6.04 Å². The van der Waals surface area contributed by atoms with Gasteiger partial charge < -0.3 is 10.4 Å². The van der Waals surface area contributed by atoms with E-state index in [1.807, 2.05) is 0 Å². The Labute approximate surface area is 77.0 Å². The van der Waals surface area contributed by atoms with Crippen LogP contribution in [-0.2, 0) is 14.3 Å². The highest BCUT2D eigenvalue weighted by Crippen LogP contribution is 1.94. The van der Waals surface area contributed by atoms with Gasteiger partial charge in [-0.1, -0.05) is 0 Å². The molecule has 1 amide bonds. The van der Waals surface area contributed by atoms with Crippen LogP contribution >= 0.6 is 0 Å². The Bertz CT molecular complexity index is 260. The average Bonchev–Trinajstić information content (AvgIpc) is 1.81. The highest BCUT2D eigenvalue weighted by molar-refractivity contribution is 7.85. The molecular weight excluding hydrogens is 198 g/mol. The van der Waals surface area contributed by atoms with Gasteiger partial charge in [0.2, 0.25) is 0 Å². The molecule has 0 aliphatic heterocycles. The minimum atomic E-state index is -3.42. The molecule has 0 heterocycles. The lowest BCUT2D eigenvalue weighted by Gasteiger charge is -2.09. The van der Waals surface area contributed by atoms with Crippen molar-refractivity contribution in [2.75, 3.05) is 12.9 Å². The predicted octanol–water partition coefficient (Wildman–Crippen LogP) is 0.00880. The number of carbonyl (C=O) groups is 1. The molecule has 0 saturated heterocycles. The summed E-state index contributed by atoms with van der Waals surface area (Å²) in [5.74, 6) is 0. The van der Waals surface area contributed by atoms with Crippen LogP contribution in [0.3, 0.4) is 0 Å². The molecule has 0 aliphatic carbocycles. The van der Waals surface area contributed by atoms with E-state index in [0.29, 0.717) is 6.42 Å². The zero-order chi connectivity index (χ0) is 10.5. The average molecular weight is 211 g/mol. The first-order valence-corrected chi connectivity index (χ1v) is 5.47. The molecule has 0 rings (SSSR count). The van der Waals surface area contributed by atoms with Crippen LogP contribution in [0.15, 0.2) is 0 Å². The third-order valence-electron chi connectivity index (χ3n) is 1.22. The van der Waals surface area contributed by atoms with Gasteiger partial charge >= 0.3 is 6.09 Å². The smallest absolute Gasteiger partial charge is 0.404 e. The van der Waals surface area contributed by atoms with Gasteiger partial charge in [0.25, 0.3) is 10.1 Å². The zero-order valence-electron chi connectivity index (χ0n) is 7.48. The van der Waals surface area contributed by atoms with E-state index in [9.17, 15) is 13.2 Å². The van der Waals surface area contributed by atoms with Crippen LogP contribution < -0.4 is 5.32 Å². The zero-order valence-corrected chi connectivity index (χ0v) is 8.30. The van der Waals surface area contributed by atoms with Crippen molar-refractivity contribution in [2.24, 2.45) is 0 Å². The van der Waals surface area contributed by atoms with E-state index in [2.05, 4.69) is 9.50 Å². The van der Waals surface area contributed by atoms with E-state index in [-0.39, 0.29) is 12.6 Å². The van der Waals surface area contributed by atoms with E-state index in [4.69, 9.17) is 5.11 Å². The van der Waals surface area contributed by atoms with Gasteiger partial charge in [-0.25, -0.2) is 4.79 Å². The maximum Gasteiger partial charge on any atom is 0.404 e. The van der Waals surface area contributed by atoms with Gasteiger partial charge in [-0.3, -0.25) is 4.18 Å². The fraction of sp³-hybridized carbons (Fsp3) is 0.833. The highest BCUT2D eigenvalue weighted by atomic mass is 32.2. The summed E-state index contributed by atoms with van der Waals surface area (Å²) in [4.78, 5) is 10.1. The molecule has 0 spiro atoms. The first-order chi connectivity index (χ1) is 5.81. The van der Waals surface area contributed by atoms with Crippen molar-refractivity contribution in [3.8, 4) is 0 Å². The summed E-state index contributed by atoms with van der Waals surface area (Å²) in [5, 5.41) is 10.4. The lowest BCUT2D eigenvalue weighted by Crippen LogP contribution is -2.32. The SMILES string of the molecule is C[C@H](CCOS(C)(=O)=O)NC(=O)O. The van der Waals surface area contributed by atoms with E-state index in [1.165, 1.54) is 0 Å². The maximum absolute atomic E-state index is 10.5. The van der Waals surface area contributed by atoms with Crippen molar-refractivity contribution in [3.05, 3.63) is 0 Å². The van der Waals surface area contributed by atoms with Crippen molar-refractivity contribution >= 4 is 16.2 Å². The Kier molecular flexibility index (Phi) is 4.71. The quantitative estimate of drug-likeness (QED) is 0.625. The molecule has 1 atom stereocenters. The second kappa shape index (κ2) is 5.03. The Hall–Kier alpha value is -0.820. The molecule has 13 heavy (non-hydrogen) atoms. The van der Waals surface area contributed by atoms with E-state index < -0.39 is 16.2 Å². The van der Waals surface area contributed by atoms with Crippen molar-refractivity contribution in [3.63, 3.8) is 0 Å². The topological polar surface area (TPSA) is 92.7 Å². The number of hydrogen-bond donors (Lipinski definition) is 2. The number of nitrogens with one attached hydrogen (secondary N) is 1. The standard InChI is InChI=1S/C6H13NO5S/c1-5(7-6(8)9)3-4-12-13(2,10)11/h5,7H,3-4H2,1-2H3,(H,8,9)/t5-/m1/s1. The van der Waals surface area contributed by atoms with Gasteiger partial charge in [-0.2, -0.15) is 8.42 Å². The third kappa shape index (κ3) is 9.09. The van der Waals surface area contributed by atoms with E-state index in [1.54, 1.807) is 6.92 Å². The van der Waals surface area contributed by atoms with Crippen molar-refractivity contribution in [1.29, 1.82) is 0 Å². The monoisotopic (exact) mass is 211 g/mol. The maximum atomic E-state index is 10.5. The third-order valence-corrected chi connectivity index (χ3v) is 1.81. The summed E-state index contributed by atoms with van der Waals surface area (Å²) in [6.07, 6.45) is 0.133. The first kappa shape index (κ1) is 12.2. The summed E-state index contributed by atoms with van der Waals surface area (Å²) in [5.41, 5.74) is 0. The van der Waals surface area contributed by atoms with Gasteiger partial charge in [-0.15, -0.1) is 0 Å². The normalized spacial score (nSPS) is 13.7. The molecule has 6 nitrogen and oxygen atoms in total. The van der Waals surface area contributed by atoms with Gasteiger partial charge in [-0.05, 0) is 13.3 Å². The molecule has 0 saturated carbocycles. The molecule has 0 unspecified atom stereocenters. The van der Waals surface area contributed by atoms with E-state index >= 15 is 0 Å². The summed E-state index contributed by atoms with van der Waals surface area (Å²) < 4.78 is 25.4. The van der Waals surface area contributed by atoms with Crippen LogP contribution in [0, 0.1) is 0 Å². The molecule has 0 radical (unpaired) electrons. The molecular formula is C6H13NO5S. The summed E-state index contributed by atoms with van der Waals surface area (Å²) >= 11 is 0.